The number of rotatable bonds is 6. The second-order valence-electron chi connectivity index (χ2n) is 3.12. The van der Waals surface area contributed by atoms with Crippen molar-refractivity contribution in [2.45, 2.75) is 32.7 Å². The lowest BCUT2D eigenvalue weighted by Gasteiger charge is -1.97. The number of nitrogens with zero attached hydrogens (tertiary/aromatic N) is 2. The number of aryl methyl sites for hydroxylation is 1. The SMILES string of the molecule is CCOCCCc1nnc(C(C)N)s1. The second kappa shape index (κ2) is 6.06. The lowest BCUT2D eigenvalue weighted by molar-refractivity contribution is 0.145. The fourth-order valence-electron chi connectivity index (χ4n) is 1.02. The number of ether oxygens (including phenoxy) is 1. The van der Waals surface area contributed by atoms with Crippen molar-refractivity contribution in [1.82, 2.24) is 10.2 Å². The minimum atomic E-state index is -0.00635. The van der Waals surface area contributed by atoms with Gasteiger partial charge in [-0.1, -0.05) is 11.3 Å². The zero-order valence-electron chi connectivity index (χ0n) is 8.69. The quantitative estimate of drug-likeness (QED) is 0.731. The van der Waals surface area contributed by atoms with Crippen LogP contribution in [-0.4, -0.2) is 23.4 Å². The number of hydrogen-bond acceptors (Lipinski definition) is 5. The van der Waals surface area contributed by atoms with Crippen molar-refractivity contribution in [3.05, 3.63) is 10.0 Å². The van der Waals surface area contributed by atoms with E-state index < -0.39 is 0 Å². The van der Waals surface area contributed by atoms with E-state index in [0.29, 0.717) is 0 Å². The fraction of sp³-hybridized carbons (Fsp3) is 0.778. The summed E-state index contributed by atoms with van der Waals surface area (Å²) in [7, 11) is 0. The van der Waals surface area contributed by atoms with Crippen LogP contribution in [-0.2, 0) is 11.2 Å². The predicted molar refractivity (Wildman–Crippen MR) is 57.3 cm³/mol. The van der Waals surface area contributed by atoms with Crippen LogP contribution in [0.2, 0.25) is 0 Å². The Labute approximate surface area is 88.5 Å². The lowest BCUT2D eigenvalue weighted by atomic mass is 10.3. The Hall–Kier alpha value is -0.520. The van der Waals surface area contributed by atoms with E-state index in [2.05, 4.69) is 10.2 Å². The van der Waals surface area contributed by atoms with E-state index in [0.717, 1.165) is 36.1 Å². The van der Waals surface area contributed by atoms with Crippen molar-refractivity contribution in [3.63, 3.8) is 0 Å². The molecule has 0 radical (unpaired) electrons. The molecule has 0 spiro atoms. The molecule has 14 heavy (non-hydrogen) atoms. The van der Waals surface area contributed by atoms with E-state index in [1.165, 1.54) is 0 Å². The average Bonchev–Trinajstić information content (AvgIpc) is 2.61. The molecular formula is C9H17N3OS. The topological polar surface area (TPSA) is 61.0 Å². The Morgan fingerprint density at radius 3 is 2.86 bits per heavy atom. The first-order valence-electron chi connectivity index (χ1n) is 4.89. The minimum Gasteiger partial charge on any atom is -0.382 e. The van der Waals surface area contributed by atoms with E-state index in [-0.39, 0.29) is 6.04 Å². The van der Waals surface area contributed by atoms with Gasteiger partial charge in [0.05, 0.1) is 6.04 Å². The van der Waals surface area contributed by atoms with Crippen LogP contribution in [0.1, 0.15) is 36.3 Å². The molecule has 1 unspecified atom stereocenters. The third kappa shape index (κ3) is 3.69. The molecule has 0 fully saturated rings. The van der Waals surface area contributed by atoms with Crippen LogP contribution in [0, 0.1) is 0 Å². The van der Waals surface area contributed by atoms with Crippen molar-refractivity contribution >= 4 is 11.3 Å². The van der Waals surface area contributed by atoms with Crippen LogP contribution < -0.4 is 5.73 Å². The van der Waals surface area contributed by atoms with E-state index in [4.69, 9.17) is 10.5 Å². The molecular weight excluding hydrogens is 198 g/mol. The summed E-state index contributed by atoms with van der Waals surface area (Å²) in [5, 5.41) is 10.1. The van der Waals surface area contributed by atoms with Gasteiger partial charge in [0.1, 0.15) is 10.0 Å². The Balaban J connectivity index is 2.29. The molecule has 1 aromatic rings. The number of nitrogens with two attached hydrogens (primary N) is 1. The van der Waals surface area contributed by atoms with Crippen LogP contribution in [0.25, 0.3) is 0 Å². The Bertz CT molecular complexity index is 262. The first-order valence-corrected chi connectivity index (χ1v) is 5.71. The van der Waals surface area contributed by atoms with Gasteiger partial charge in [-0.2, -0.15) is 0 Å². The van der Waals surface area contributed by atoms with Crippen LogP contribution in [0.4, 0.5) is 0 Å². The molecule has 5 heteroatoms. The smallest absolute Gasteiger partial charge is 0.133 e. The maximum atomic E-state index is 5.69. The summed E-state index contributed by atoms with van der Waals surface area (Å²) in [6.07, 6.45) is 1.94. The normalized spacial score (nSPS) is 13.1. The lowest BCUT2D eigenvalue weighted by Crippen LogP contribution is -2.03. The van der Waals surface area contributed by atoms with Gasteiger partial charge in [0.15, 0.2) is 0 Å². The van der Waals surface area contributed by atoms with Gasteiger partial charge in [0, 0.05) is 19.6 Å². The summed E-state index contributed by atoms with van der Waals surface area (Å²) in [5.74, 6) is 0. The van der Waals surface area contributed by atoms with E-state index in [1.807, 2.05) is 13.8 Å². The molecule has 1 heterocycles. The highest BCUT2D eigenvalue weighted by Crippen LogP contribution is 2.16. The molecule has 1 rings (SSSR count). The molecule has 0 aromatic carbocycles. The fourth-order valence-corrected chi connectivity index (χ4v) is 1.86. The highest BCUT2D eigenvalue weighted by atomic mass is 32.1. The summed E-state index contributed by atoms with van der Waals surface area (Å²) < 4.78 is 5.24. The van der Waals surface area contributed by atoms with Crippen LogP contribution in [0.5, 0.6) is 0 Å². The molecule has 1 aromatic heterocycles. The number of aromatic nitrogens is 2. The first kappa shape index (κ1) is 11.6. The third-order valence-corrected chi connectivity index (χ3v) is 2.94. The highest BCUT2D eigenvalue weighted by molar-refractivity contribution is 7.11. The summed E-state index contributed by atoms with van der Waals surface area (Å²) >= 11 is 1.60. The monoisotopic (exact) mass is 215 g/mol. The standard InChI is InChI=1S/C9H17N3OS/c1-3-13-6-4-5-8-11-12-9(14-8)7(2)10/h7H,3-6,10H2,1-2H3. The molecule has 80 valence electrons. The molecule has 4 nitrogen and oxygen atoms in total. The van der Waals surface area contributed by atoms with Crippen molar-refractivity contribution < 1.29 is 4.74 Å². The summed E-state index contributed by atoms with van der Waals surface area (Å²) in [4.78, 5) is 0. The third-order valence-electron chi connectivity index (χ3n) is 1.76. The van der Waals surface area contributed by atoms with E-state index in [9.17, 15) is 0 Å². The van der Waals surface area contributed by atoms with Gasteiger partial charge < -0.3 is 10.5 Å². The Kier molecular flexibility index (Phi) is 5.00. The van der Waals surface area contributed by atoms with E-state index >= 15 is 0 Å². The van der Waals surface area contributed by atoms with Crippen LogP contribution >= 0.6 is 11.3 Å². The zero-order valence-corrected chi connectivity index (χ0v) is 9.51. The number of hydrogen-bond donors (Lipinski definition) is 1. The second-order valence-corrected chi connectivity index (χ2v) is 4.22. The minimum absolute atomic E-state index is 0.00635. The van der Waals surface area contributed by atoms with Crippen LogP contribution in [0.3, 0.4) is 0 Å². The van der Waals surface area contributed by atoms with Crippen LogP contribution in [0.15, 0.2) is 0 Å². The van der Waals surface area contributed by atoms with Gasteiger partial charge in [-0.25, -0.2) is 0 Å². The molecule has 0 aliphatic rings. The summed E-state index contributed by atoms with van der Waals surface area (Å²) in [5.41, 5.74) is 5.69. The molecule has 1 atom stereocenters. The molecule has 0 bridgehead atoms. The highest BCUT2D eigenvalue weighted by Gasteiger charge is 2.07. The van der Waals surface area contributed by atoms with Gasteiger partial charge in [0.2, 0.25) is 0 Å². The maximum Gasteiger partial charge on any atom is 0.133 e. The molecule has 0 amide bonds. The summed E-state index contributed by atoms with van der Waals surface area (Å²) in [6, 6.07) is -0.00635. The van der Waals surface area contributed by atoms with Gasteiger partial charge in [0.25, 0.3) is 0 Å². The van der Waals surface area contributed by atoms with Gasteiger partial charge in [-0.05, 0) is 20.3 Å². The van der Waals surface area contributed by atoms with Crippen molar-refractivity contribution in [3.8, 4) is 0 Å². The predicted octanol–water partition coefficient (Wildman–Crippen LogP) is 1.53. The Morgan fingerprint density at radius 2 is 2.29 bits per heavy atom. The first-order chi connectivity index (χ1) is 6.74. The van der Waals surface area contributed by atoms with Gasteiger partial charge >= 0.3 is 0 Å². The van der Waals surface area contributed by atoms with Crippen molar-refractivity contribution in [2.24, 2.45) is 5.73 Å². The van der Waals surface area contributed by atoms with E-state index in [1.54, 1.807) is 11.3 Å². The maximum absolute atomic E-state index is 5.69. The van der Waals surface area contributed by atoms with Crippen molar-refractivity contribution in [1.29, 1.82) is 0 Å². The molecule has 0 aliphatic carbocycles. The molecule has 0 saturated heterocycles. The van der Waals surface area contributed by atoms with Crippen molar-refractivity contribution in [2.75, 3.05) is 13.2 Å². The Morgan fingerprint density at radius 1 is 1.50 bits per heavy atom. The van der Waals surface area contributed by atoms with Gasteiger partial charge in [-0.15, -0.1) is 10.2 Å². The van der Waals surface area contributed by atoms with Gasteiger partial charge in [-0.3, -0.25) is 0 Å². The average molecular weight is 215 g/mol. The summed E-state index contributed by atoms with van der Waals surface area (Å²) in [6.45, 7) is 5.49. The zero-order chi connectivity index (χ0) is 10.4. The molecule has 0 saturated carbocycles. The molecule has 2 N–H and O–H groups in total. The molecule has 0 aliphatic heterocycles. The largest absolute Gasteiger partial charge is 0.382 e.